The lowest BCUT2D eigenvalue weighted by Gasteiger charge is -2.15. The summed E-state index contributed by atoms with van der Waals surface area (Å²) in [5.74, 6) is 0.570. The quantitative estimate of drug-likeness (QED) is 0.804. The fraction of sp³-hybridized carbons (Fsp3) is 0.250. The maximum Gasteiger partial charge on any atom is 0.172 e. The largest absolute Gasteiger partial charge is 0.503 e. The minimum atomic E-state index is 0.115. The molecule has 2 aromatic rings. The van der Waals surface area contributed by atoms with Crippen LogP contribution >= 0.6 is 27.5 Å². The van der Waals surface area contributed by atoms with Gasteiger partial charge in [0.2, 0.25) is 0 Å². The van der Waals surface area contributed by atoms with Crippen LogP contribution in [-0.4, -0.2) is 12.2 Å². The van der Waals surface area contributed by atoms with Gasteiger partial charge in [0.1, 0.15) is 0 Å². The molecule has 2 aromatic carbocycles. The van der Waals surface area contributed by atoms with Crippen molar-refractivity contribution in [3.63, 3.8) is 0 Å². The predicted octanol–water partition coefficient (Wildman–Crippen LogP) is 4.67. The number of aromatic hydroxyl groups is 1. The van der Waals surface area contributed by atoms with Crippen LogP contribution in [0, 0.1) is 0 Å². The second kappa shape index (κ2) is 7.16. The van der Waals surface area contributed by atoms with Gasteiger partial charge >= 0.3 is 0 Å². The van der Waals surface area contributed by atoms with E-state index in [0.29, 0.717) is 16.8 Å². The van der Waals surface area contributed by atoms with Crippen LogP contribution in [0.2, 0.25) is 5.02 Å². The van der Waals surface area contributed by atoms with Crippen LogP contribution in [-0.2, 0) is 6.54 Å². The number of nitrogens with one attached hydrogen (secondary N) is 1. The molecule has 0 aliphatic carbocycles. The Morgan fingerprint density at radius 1 is 1.33 bits per heavy atom. The Bertz CT molecular complexity index is 634. The van der Waals surface area contributed by atoms with E-state index >= 15 is 0 Å². The minimum absolute atomic E-state index is 0.115. The van der Waals surface area contributed by atoms with E-state index in [1.807, 2.05) is 36.4 Å². The molecule has 0 spiro atoms. The van der Waals surface area contributed by atoms with Gasteiger partial charge in [-0.3, -0.25) is 0 Å². The van der Waals surface area contributed by atoms with Gasteiger partial charge < -0.3 is 15.2 Å². The lowest BCUT2D eigenvalue weighted by atomic mass is 10.1. The molecule has 0 unspecified atom stereocenters. The normalized spacial score (nSPS) is 12.2. The predicted molar refractivity (Wildman–Crippen MR) is 89.1 cm³/mol. The van der Waals surface area contributed by atoms with Gasteiger partial charge in [-0.15, -0.1) is 0 Å². The Morgan fingerprint density at radius 2 is 2.10 bits per heavy atom. The molecule has 1 atom stereocenters. The third-order valence-electron chi connectivity index (χ3n) is 3.27. The summed E-state index contributed by atoms with van der Waals surface area (Å²) in [6, 6.07) is 11.6. The molecule has 0 fully saturated rings. The summed E-state index contributed by atoms with van der Waals surface area (Å²) in [7, 11) is 1.54. The van der Waals surface area contributed by atoms with E-state index in [9.17, 15) is 5.11 Å². The molecule has 0 saturated heterocycles. The van der Waals surface area contributed by atoms with E-state index in [0.717, 1.165) is 16.1 Å². The van der Waals surface area contributed by atoms with Crippen LogP contribution in [0.4, 0.5) is 0 Å². The summed E-state index contributed by atoms with van der Waals surface area (Å²) >= 11 is 9.33. The van der Waals surface area contributed by atoms with E-state index in [4.69, 9.17) is 16.3 Å². The standard InChI is InChI=1S/C16H17BrClNO2/c1-10(12-4-3-5-13(18)8-12)19-9-11-6-14(17)16(20)15(7-11)21-2/h3-8,10,19-20H,9H2,1-2H3/t10-/m0/s1. The van der Waals surface area contributed by atoms with Crippen molar-refractivity contribution in [2.75, 3.05) is 7.11 Å². The summed E-state index contributed by atoms with van der Waals surface area (Å²) in [5, 5.41) is 14.0. The summed E-state index contributed by atoms with van der Waals surface area (Å²) in [5.41, 5.74) is 2.15. The molecule has 3 nitrogen and oxygen atoms in total. The smallest absolute Gasteiger partial charge is 0.172 e. The number of ether oxygens (including phenoxy) is 1. The average molecular weight is 371 g/mol. The molecule has 2 rings (SSSR count). The van der Waals surface area contributed by atoms with E-state index in [2.05, 4.69) is 28.2 Å². The monoisotopic (exact) mass is 369 g/mol. The van der Waals surface area contributed by atoms with Gasteiger partial charge in [0.05, 0.1) is 11.6 Å². The lowest BCUT2D eigenvalue weighted by molar-refractivity contribution is 0.371. The maximum absolute atomic E-state index is 9.80. The first-order valence-electron chi connectivity index (χ1n) is 6.55. The van der Waals surface area contributed by atoms with E-state index in [1.165, 1.54) is 7.11 Å². The second-order valence-corrected chi connectivity index (χ2v) is 6.08. The number of halogens is 2. The number of methoxy groups -OCH3 is 1. The average Bonchev–Trinajstić information content (AvgIpc) is 2.48. The lowest BCUT2D eigenvalue weighted by Crippen LogP contribution is -2.18. The highest BCUT2D eigenvalue weighted by Gasteiger charge is 2.10. The van der Waals surface area contributed by atoms with Crippen molar-refractivity contribution in [3.8, 4) is 11.5 Å². The first-order chi connectivity index (χ1) is 10.0. The van der Waals surface area contributed by atoms with E-state index < -0.39 is 0 Å². The SMILES string of the molecule is COc1cc(CN[C@@H](C)c2cccc(Cl)c2)cc(Br)c1O. The number of phenols is 1. The zero-order chi connectivity index (χ0) is 15.4. The van der Waals surface area contributed by atoms with Crippen molar-refractivity contribution in [2.24, 2.45) is 0 Å². The van der Waals surface area contributed by atoms with Crippen LogP contribution in [0.5, 0.6) is 11.5 Å². The Kier molecular flexibility index (Phi) is 5.51. The number of phenolic OH excluding ortho intramolecular Hbond substituents is 1. The number of hydrogen-bond donors (Lipinski definition) is 2. The molecular formula is C16H17BrClNO2. The van der Waals surface area contributed by atoms with Crippen molar-refractivity contribution in [3.05, 3.63) is 57.0 Å². The minimum Gasteiger partial charge on any atom is -0.503 e. The molecule has 5 heteroatoms. The molecule has 0 amide bonds. The van der Waals surface area contributed by atoms with Crippen LogP contribution in [0.25, 0.3) is 0 Å². The fourth-order valence-electron chi connectivity index (χ4n) is 2.05. The first-order valence-corrected chi connectivity index (χ1v) is 7.72. The van der Waals surface area contributed by atoms with Crippen molar-refractivity contribution in [1.29, 1.82) is 0 Å². The molecule has 21 heavy (non-hydrogen) atoms. The van der Waals surface area contributed by atoms with Gasteiger partial charge in [0, 0.05) is 17.6 Å². The Labute approximate surface area is 138 Å². The van der Waals surface area contributed by atoms with Crippen LogP contribution in [0.15, 0.2) is 40.9 Å². The van der Waals surface area contributed by atoms with Crippen molar-refractivity contribution >= 4 is 27.5 Å². The first kappa shape index (κ1) is 16.1. The molecule has 112 valence electrons. The van der Waals surface area contributed by atoms with Crippen LogP contribution in [0.1, 0.15) is 24.1 Å². The number of hydrogen-bond acceptors (Lipinski definition) is 3. The Morgan fingerprint density at radius 3 is 2.76 bits per heavy atom. The fourth-order valence-corrected chi connectivity index (χ4v) is 2.74. The summed E-state index contributed by atoms with van der Waals surface area (Å²) in [4.78, 5) is 0. The van der Waals surface area contributed by atoms with E-state index in [1.54, 1.807) is 0 Å². The highest BCUT2D eigenvalue weighted by molar-refractivity contribution is 9.10. The van der Waals surface area contributed by atoms with Crippen molar-refractivity contribution in [2.45, 2.75) is 19.5 Å². The molecule has 0 saturated carbocycles. The van der Waals surface area contributed by atoms with Gasteiger partial charge in [-0.25, -0.2) is 0 Å². The molecule has 0 heterocycles. The zero-order valence-corrected chi connectivity index (χ0v) is 14.2. The molecule has 0 bridgehead atoms. The zero-order valence-electron chi connectivity index (χ0n) is 11.9. The third kappa shape index (κ3) is 4.13. The highest BCUT2D eigenvalue weighted by atomic mass is 79.9. The van der Waals surface area contributed by atoms with E-state index in [-0.39, 0.29) is 11.8 Å². The summed E-state index contributed by atoms with van der Waals surface area (Å²) in [6.45, 7) is 2.74. The molecule has 0 aliphatic heterocycles. The summed E-state index contributed by atoms with van der Waals surface area (Å²) in [6.07, 6.45) is 0. The molecule has 0 aliphatic rings. The van der Waals surface area contributed by atoms with Gasteiger partial charge in [0.25, 0.3) is 0 Å². The second-order valence-electron chi connectivity index (χ2n) is 4.79. The van der Waals surface area contributed by atoms with Crippen LogP contribution in [0.3, 0.4) is 0 Å². The third-order valence-corrected chi connectivity index (χ3v) is 4.11. The molecule has 2 N–H and O–H groups in total. The molecular weight excluding hydrogens is 354 g/mol. The van der Waals surface area contributed by atoms with Crippen molar-refractivity contribution < 1.29 is 9.84 Å². The summed E-state index contributed by atoms with van der Waals surface area (Å²) < 4.78 is 5.77. The van der Waals surface area contributed by atoms with Gasteiger partial charge in [0.15, 0.2) is 11.5 Å². The van der Waals surface area contributed by atoms with Crippen molar-refractivity contribution in [1.82, 2.24) is 5.32 Å². The Hall–Kier alpha value is -1.23. The maximum atomic E-state index is 9.80. The van der Waals surface area contributed by atoms with Gasteiger partial charge in [-0.1, -0.05) is 23.7 Å². The number of benzene rings is 2. The van der Waals surface area contributed by atoms with Gasteiger partial charge in [-0.05, 0) is 58.2 Å². The van der Waals surface area contributed by atoms with Gasteiger partial charge in [-0.2, -0.15) is 0 Å². The number of rotatable bonds is 5. The Balaban J connectivity index is 2.08. The molecule has 0 radical (unpaired) electrons. The highest BCUT2D eigenvalue weighted by Crippen LogP contribution is 2.35. The molecule has 0 aromatic heterocycles. The topological polar surface area (TPSA) is 41.5 Å². The van der Waals surface area contributed by atoms with Crippen LogP contribution < -0.4 is 10.1 Å².